The monoisotopic (exact) mass is 317 g/mol. The summed E-state index contributed by atoms with van der Waals surface area (Å²) in [6, 6.07) is 0. The van der Waals surface area contributed by atoms with Gasteiger partial charge in [0.2, 0.25) is 5.95 Å². The van der Waals surface area contributed by atoms with Gasteiger partial charge in [-0.05, 0) is 0 Å². The van der Waals surface area contributed by atoms with E-state index in [1.807, 2.05) is 13.2 Å². The van der Waals surface area contributed by atoms with E-state index in [4.69, 9.17) is 0 Å². The molecule has 0 aromatic carbocycles. The van der Waals surface area contributed by atoms with Crippen LogP contribution in [0.3, 0.4) is 0 Å². The Morgan fingerprint density at radius 1 is 1.36 bits per heavy atom. The van der Waals surface area contributed by atoms with E-state index in [1.54, 1.807) is 11.3 Å². The highest BCUT2D eigenvalue weighted by Gasteiger charge is 2.23. The molecule has 0 saturated heterocycles. The van der Waals surface area contributed by atoms with Crippen LogP contribution in [-0.2, 0) is 6.42 Å². The first-order valence-corrected chi connectivity index (χ1v) is 7.52. The molecule has 0 radical (unpaired) electrons. The molecule has 0 unspecified atom stereocenters. The molecule has 4 rings (SSSR count). The molecule has 4 heterocycles. The van der Waals surface area contributed by atoms with Crippen molar-refractivity contribution in [2.24, 2.45) is 0 Å². The molecule has 1 aliphatic rings. The predicted molar refractivity (Wildman–Crippen MR) is 81.9 cm³/mol. The van der Waals surface area contributed by atoms with E-state index in [0.29, 0.717) is 11.1 Å². The van der Waals surface area contributed by atoms with Crippen molar-refractivity contribution in [1.82, 2.24) is 25.1 Å². The minimum absolute atomic E-state index is 0.329. The van der Waals surface area contributed by atoms with Crippen LogP contribution in [0.15, 0.2) is 18.6 Å². The molecular formula is C13H12FN7S. The van der Waals surface area contributed by atoms with Gasteiger partial charge in [-0.2, -0.15) is 5.10 Å². The number of aromatic amines is 1. The average Bonchev–Trinajstić information content (AvgIpc) is 3.11. The van der Waals surface area contributed by atoms with E-state index in [1.165, 1.54) is 4.88 Å². The first-order valence-electron chi connectivity index (χ1n) is 6.70. The molecule has 7 nitrogen and oxygen atoms in total. The van der Waals surface area contributed by atoms with Crippen LogP contribution in [0.1, 0.15) is 4.88 Å². The number of thiazole rings is 1. The predicted octanol–water partition coefficient (Wildman–Crippen LogP) is 2.20. The fourth-order valence-electron chi connectivity index (χ4n) is 2.38. The van der Waals surface area contributed by atoms with Crippen molar-refractivity contribution >= 4 is 28.2 Å². The Kier molecular flexibility index (Phi) is 3.00. The molecular weight excluding hydrogens is 305 g/mol. The van der Waals surface area contributed by atoms with Gasteiger partial charge in [0.05, 0.1) is 23.7 Å². The van der Waals surface area contributed by atoms with Gasteiger partial charge in [-0.25, -0.2) is 19.3 Å². The number of fused-ring (bicyclic) bond motifs is 3. The number of H-pyrrole nitrogens is 1. The molecule has 1 aliphatic heterocycles. The second kappa shape index (κ2) is 5.02. The molecule has 0 fully saturated rings. The zero-order valence-corrected chi connectivity index (χ0v) is 12.5. The summed E-state index contributed by atoms with van der Waals surface area (Å²) in [5.74, 6) is 0.759. The highest BCUT2D eigenvalue weighted by atomic mass is 32.1. The number of anilines is 3. The third-order valence-electron chi connectivity index (χ3n) is 3.45. The summed E-state index contributed by atoms with van der Waals surface area (Å²) in [5.41, 5.74) is 1.90. The van der Waals surface area contributed by atoms with Crippen LogP contribution in [0, 0.1) is 5.82 Å². The summed E-state index contributed by atoms with van der Waals surface area (Å²) in [6.45, 7) is 0.875. The Balaban J connectivity index is 1.69. The minimum atomic E-state index is -0.466. The van der Waals surface area contributed by atoms with Gasteiger partial charge in [0.1, 0.15) is 0 Å². The van der Waals surface area contributed by atoms with E-state index in [-0.39, 0.29) is 0 Å². The maximum atomic E-state index is 12.8. The Bertz CT molecular complexity index is 810. The van der Waals surface area contributed by atoms with Gasteiger partial charge in [-0.15, -0.1) is 11.3 Å². The second-order valence-corrected chi connectivity index (χ2v) is 6.02. The normalized spacial score (nSPS) is 13.5. The first kappa shape index (κ1) is 13.1. The van der Waals surface area contributed by atoms with Crippen molar-refractivity contribution in [2.45, 2.75) is 6.42 Å². The lowest BCUT2D eigenvalue weighted by molar-refractivity contribution is 0.614. The molecule has 0 atom stereocenters. The number of rotatable bonds is 2. The Labute approximate surface area is 129 Å². The summed E-state index contributed by atoms with van der Waals surface area (Å²) < 4.78 is 12.8. The lowest BCUT2D eigenvalue weighted by Crippen LogP contribution is -2.19. The summed E-state index contributed by atoms with van der Waals surface area (Å²) in [7, 11) is 2.02. The van der Waals surface area contributed by atoms with Gasteiger partial charge < -0.3 is 10.2 Å². The van der Waals surface area contributed by atoms with E-state index < -0.39 is 5.82 Å². The Hall–Kier alpha value is -2.55. The van der Waals surface area contributed by atoms with Crippen molar-refractivity contribution in [3.8, 4) is 11.3 Å². The lowest BCUT2D eigenvalue weighted by Gasteiger charge is -2.13. The van der Waals surface area contributed by atoms with E-state index >= 15 is 0 Å². The van der Waals surface area contributed by atoms with Gasteiger partial charge in [-0.3, -0.25) is 5.10 Å². The quantitative estimate of drug-likeness (QED) is 0.754. The molecule has 0 saturated carbocycles. The van der Waals surface area contributed by atoms with Crippen LogP contribution in [0.5, 0.6) is 0 Å². The van der Waals surface area contributed by atoms with Gasteiger partial charge in [0, 0.05) is 31.1 Å². The molecule has 3 aromatic heterocycles. The molecule has 0 amide bonds. The summed E-state index contributed by atoms with van der Waals surface area (Å²) in [5, 5.41) is 10.9. The fraction of sp³-hybridized carbons (Fsp3) is 0.231. The highest BCUT2D eigenvalue weighted by Crippen LogP contribution is 2.38. The SMILES string of the molecule is CN1CCc2sc(Nc3ncc(F)cn3)nc2-c2c[nH]nc21. The number of hydrogen-bond donors (Lipinski definition) is 2. The molecule has 2 N–H and O–H groups in total. The third-order valence-corrected chi connectivity index (χ3v) is 4.48. The second-order valence-electron chi connectivity index (χ2n) is 4.93. The van der Waals surface area contributed by atoms with E-state index in [2.05, 4.69) is 35.4 Å². The van der Waals surface area contributed by atoms with Crippen molar-refractivity contribution in [3.05, 3.63) is 29.3 Å². The number of aromatic nitrogens is 5. The first-order chi connectivity index (χ1) is 10.7. The van der Waals surface area contributed by atoms with E-state index in [0.717, 1.165) is 42.4 Å². The van der Waals surface area contributed by atoms with Crippen LogP contribution in [0.2, 0.25) is 0 Å². The maximum Gasteiger partial charge on any atom is 0.229 e. The number of nitrogens with one attached hydrogen (secondary N) is 2. The Morgan fingerprint density at radius 3 is 3.00 bits per heavy atom. The van der Waals surface area contributed by atoms with Crippen LogP contribution >= 0.6 is 11.3 Å². The number of nitrogens with zero attached hydrogens (tertiary/aromatic N) is 5. The molecule has 9 heteroatoms. The van der Waals surface area contributed by atoms with Gasteiger partial charge in [0.15, 0.2) is 16.8 Å². The maximum absolute atomic E-state index is 12.8. The number of likely N-dealkylation sites (N-methyl/N-ethyl adjacent to an activating group) is 1. The molecule has 0 bridgehead atoms. The summed E-state index contributed by atoms with van der Waals surface area (Å²) in [6.07, 6.45) is 4.99. The van der Waals surface area contributed by atoms with Crippen LogP contribution in [0.4, 0.5) is 21.3 Å². The average molecular weight is 317 g/mol. The molecule has 0 aliphatic carbocycles. The van der Waals surface area contributed by atoms with Crippen molar-refractivity contribution in [3.63, 3.8) is 0 Å². The Morgan fingerprint density at radius 2 is 2.18 bits per heavy atom. The van der Waals surface area contributed by atoms with Crippen molar-refractivity contribution in [2.75, 3.05) is 23.8 Å². The van der Waals surface area contributed by atoms with Crippen molar-refractivity contribution < 1.29 is 4.39 Å². The molecule has 22 heavy (non-hydrogen) atoms. The smallest absolute Gasteiger partial charge is 0.229 e. The van der Waals surface area contributed by atoms with Gasteiger partial charge in [-0.1, -0.05) is 0 Å². The van der Waals surface area contributed by atoms with Gasteiger partial charge in [0.25, 0.3) is 0 Å². The zero-order chi connectivity index (χ0) is 15.1. The largest absolute Gasteiger partial charge is 0.357 e. The third kappa shape index (κ3) is 2.19. The van der Waals surface area contributed by atoms with Crippen molar-refractivity contribution in [1.29, 1.82) is 0 Å². The fourth-order valence-corrected chi connectivity index (χ4v) is 3.34. The zero-order valence-electron chi connectivity index (χ0n) is 11.7. The minimum Gasteiger partial charge on any atom is -0.357 e. The molecule has 0 spiro atoms. The number of hydrogen-bond acceptors (Lipinski definition) is 7. The standard InChI is InChI=1S/C13H12FN7S/c1-21-3-2-9-10(8-6-17-20-11(8)21)18-13(22-9)19-12-15-4-7(14)5-16-12/h4-6H,2-3H2,1H3,(H,17,20)(H,15,16,18,19). The number of halogens is 1. The highest BCUT2D eigenvalue weighted by molar-refractivity contribution is 7.16. The van der Waals surface area contributed by atoms with Gasteiger partial charge >= 0.3 is 0 Å². The summed E-state index contributed by atoms with van der Waals surface area (Å²) >= 11 is 1.55. The summed E-state index contributed by atoms with van der Waals surface area (Å²) in [4.78, 5) is 15.7. The van der Waals surface area contributed by atoms with Crippen LogP contribution < -0.4 is 10.2 Å². The molecule has 3 aromatic rings. The topological polar surface area (TPSA) is 82.6 Å². The van der Waals surface area contributed by atoms with E-state index in [9.17, 15) is 4.39 Å². The molecule has 112 valence electrons. The van der Waals surface area contributed by atoms with Crippen LogP contribution in [-0.4, -0.2) is 38.7 Å². The lowest BCUT2D eigenvalue weighted by atomic mass is 10.2. The van der Waals surface area contributed by atoms with Crippen LogP contribution in [0.25, 0.3) is 11.3 Å².